The second-order valence-corrected chi connectivity index (χ2v) is 17.8. The van der Waals surface area contributed by atoms with Crippen molar-refractivity contribution in [2.45, 2.75) is 110 Å². The van der Waals surface area contributed by atoms with Crippen molar-refractivity contribution in [1.82, 2.24) is 0 Å². The summed E-state index contributed by atoms with van der Waals surface area (Å²) in [5, 5.41) is 8.66. The Labute approximate surface area is 471 Å². The van der Waals surface area contributed by atoms with Gasteiger partial charge in [0.1, 0.15) is 59.6 Å². The molecule has 18 nitrogen and oxygen atoms in total. The van der Waals surface area contributed by atoms with Crippen LogP contribution in [0.15, 0.2) is 134 Å². The Morgan fingerprint density at radius 1 is 0.380 bits per heavy atom. The molecule has 79 heavy (non-hydrogen) atoms. The van der Waals surface area contributed by atoms with Crippen molar-refractivity contribution in [3.8, 4) is 23.0 Å². The fourth-order valence-electron chi connectivity index (χ4n) is 7.35. The van der Waals surface area contributed by atoms with Crippen LogP contribution in [-0.2, 0) is 87.7 Å². The van der Waals surface area contributed by atoms with E-state index < -0.39 is 5.97 Å². The van der Waals surface area contributed by atoms with Gasteiger partial charge < -0.3 is 52.5 Å². The summed E-state index contributed by atoms with van der Waals surface area (Å²) in [6, 6.07) is 28.8. The highest BCUT2D eigenvalue weighted by Crippen LogP contribution is 2.22. The van der Waals surface area contributed by atoms with Crippen molar-refractivity contribution >= 4 is 65.0 Å². The minimum absolute atomic E-state index is 0. The zero-order valence-corrected chi connectivity index (χ0v) is 46.0. The first-order chi connectivity index (χ1) is 37.3. The molecule has 1 N–H and O–H groups in total. The molecule has 0 radical (unpaired) electrons. The third kappa shape index (κ3) is 28.4. The Morgan fingerprint density at radius 3 is 0.747 bits per heavy atom. The van der Waals surface area contributed by atoms with Crippen molar-refractivity contribution < 1.29 is 86.0 Å². The number of carboxylic acid groups (broad SMARTS) is 1. The van der Waals surface area contributed by atoms with Gasteiger partial charge in [-0.1, -0.05) is 56.0 Å². The number of hydrogen-bond acceptors (Lipinski definition) is 17. The number of alkyl halides is 2. The lowest BCUT2D eigenvalue weighted by atomic mass is 10.1. The molecule has 0 amide bonds. The highest BCUT2D eigenvalue weighted by Gasteiger charge is 2.27. The van der Waals surface area contributed by atoms with Crippen LogP contribution in [0.1, 0.15) is 69.7 Å². The van der Waals surface area contributed by atoms with Gasteiger partial charge in [-0.25, -0.2) is 0 Å². The molecule has 4 aromatic carbocycles. The number of aliphatic carboxylic acids is 1. The molecule has 0 heterocycles. The van der Waals surface area contributed by atoms with Gasteiger partial charge in [-0.15, -0.1) is 23.2 Å². The van der Waals surface area contributed by atoms with E-state index in [0.717, 1.165) is 45.3 Å². The topological polar surface area (TPSA) is 232 Å². The summed E-state index contributed by atoms with van der Waals surface area (Å²) in [5.41, 5.74) is 3.34. The molecule has 0 saturated carbocycles. The van der Waals surface area contributed by atoms with E-state index in [0.29, 0.717) is 19.3 Å². The fraction of sp³-hybridized carbons (Fsp3) is 0.373. The highest BCUT2D eigenvalue weighted by molar-refractivity contribution is 6.40. The van der Waals surface area contributed by atoms with Crippen LogP contribution in [0.3, 0.4) is 0 Å². The molecule has 4 aromatic rings. The largest absolute Gasteiger partial charge is 0.497 e. The maximum atomic E-state index is 12.1. The maximum Gasteiger partial charge on any atom is 0.310 e. The Morgan fingerprint density at radius 2 is 0.570 bits per heavy atom. The summed E-state index contributed by atoms with van der Waals surface area (Å²) in [4.78, 5) is 78.4. The lowest BCUT2D eigenvalue weighted by Crippen LogP contribution is -2.21. The van der Waals surface area contributed by atoms with Gasteiger partial charge in [0.25, 0.3) is 0 Å². The van der Waals surface area contributed by atoms with E-state index in [4.69, 9.17) is 75.7 Å². The lowest BCUT2D eigenvalue weighted by molar-refractivity contribution is -0.151. The van der Waals surface area contributed by atoms with Crippen LogP contribution < -0.4 is 18.9 Å². The average Bonchev–Trinajstić information content (AvgIpc) is 4.16. The van der Waals surface area contributed by atoms with Crippen molar-refractivity contribution in [3.63, 3.8) is 0 Å². The molecule has 0 bridgehead atoms. The fourth-order valence-corrected chi connectivity index (χ4v) is 7.35. The van der Waals surface area contributed by atoms with E-state index in [2.05, 4.69) is 0 Å². The second-order valence-electron chi connectivity index (χ2n) is 17.0. The van der Waals surface area contributed by atoms with Gasteiger partial charge in [0, 0.05) is 40.0 Å². The molecule has 0 aromatic heterocycles. The predicted molar refractivity (Wildman–Crippen MR) is 295 cm³/mol. The van der Waals surface area contributed by atoms with Gasteiger partial charge in [0.2, 0.25) is 0 Å². The zero-order chi connectivity index (χ0) is 57.4. The number of ether oxygens (including phenoxy) is 10. The maximum absolute atomic E-state index is 12.1. The number of esters is 6. The first-order valence-corrected chi connectivity index (χ1v) is 25.4. The van der Waals surface area contributed by atoms with Gasteiger partial charge in [-0.2, -0.15) is 0 Å². The summed E-state index contributed by atoms with van der Waals surface area (Å²) < 4.78 is 51.3. The van der Waals surface area contributed by atoms with E-state index in [9.17, 15) is 33.6 Å². The molecule has 0 fully saturated rings. The van der Waals surface area contributed by atoms with Gasteiger partial charge in [0.15, 0.2) is 0 Å². The Bertz CT molecular complexity index is 2500. The zero-order valence-electron chi connectivity index (χ0n) is 44.5. The number of rotatable bonds is 18. The molecule has 3 aliphatic rings. The molecule has 6 unspecified atom stereocenters. The van der Waals surface area contributed by atoms with Crippen LogP contribution in [0.2, 0.25) is 0 Å². The van der Waals surface area contributed by atoms with E-state index in [1.807, 2.05) is 36.4 Å². The molecule has 7 rings (SSSR count). The summed E-state index contributed by atoms with van der Waals surface area (Å²) in [6.07, 6.45) is 10.6. The summed E-state index contributed by atoms with van der Waals surface area (Å²) in [6.45, 7) is 4.07. The van der Waals surface area contributed by atoms with Crippen LogP contribution in [0.5, 0.6) is 23.0 Å². The highest BCUT2D eigenvalue weighted by atomic mass is 35.5. The molecule has 0 aliphatic heterocycles. The molecular formula is C59H70Cl2O18. The number of hydrogen-bond donors (Lipinski definition) is 1. The molecule has 428 valence electrons. The average molecular weight is 1140 g/mol. The van der Waals surface area contributed by atoms with Gasteiger partial charge in [-0.05, 0) is 107 Å². The normalized spacial score (nSPS) is 17.7. The smallest absolute Gasteiger partial charge is 0.310 e. The Kier molecular flexibility index (Phi) is 31.6. The molecule has 0 spiro atoms. The molecule has 0 saturated heterocycles. The van der Waals surface area contributed by atoms with E-state index in [-0.39, 0.29) is 111 Å². The summed E-state index contributed by atoms with van der Waals surface area (Å²) >= 11 is 9.53. The summed E-state index contributed by atoms with van der Waals surface area (Å²) in [5.74, 6) is 0.203. The van der Waals surface area contributed by atoms with Crippen molar-refractivity contribution in [1.29, 1.82) is 0 Å². The minimum atomic E-state index is -0.819. The number of carbonyl (C=O) groups excluding carboxylic acids is 6. The van der Waals surface area contributed by atoms with Gasteiger partial charge in [-0.3, -0.25) is 33.6 Å². The quantitative estimate of drug-likeness (QED) is 0.0423. The third-order valence-electron chi connectivity index (χ3n) is 10.9. The summed E-state index contributed by atoms with van der Waals surface area (Å²) in [7, 11) is 6.35. The lowest BCUT2D eigenvalue weighted by Gasteiger charge is -2.14. The second kappa shape index (κ2) is 37.1. The number of carbonyl (C=O) groups is 7. The number of methoxy groups -OCH3 is 4. The monoisotopic (exact) mass is 1140 g/mol. The van der Waals surface area contributed by atoms with Crippen LogP contribution >= 0.6 is 23.2 Å². The van der Waals surface area contributed by atoms with Crippen LogP contribution in [0.25, 0.3) is 0 Å². The van der Waals surface area contributed by atoms with Crippen LogP contribution in [0, 0.1) is 0 Å². The Hall–Kier alpha value is -7.83. The van der Waals surface area contributed by atoms with E-state index in [1.54, 1.807) is 126 Å². The first-order valence-electron chi connectivity index (χ1n) is 24.3. The standard InChI is InChI=1S/C23H24O6.C16H18O5.C9H12O4.C9H10O3.CH2Cl2.CH4/c1-26-18-7-3-16(4-8-18)13-22(24)28-20-11-12-21(15-20)29-23(25)14-17-5-9-19(27-2)10-6-17;1-11(17)20-14-7-8-15(10-14)21-16(18)9-12-3-5-13(19-2)6-4-12;1-6(10)12-8-3-4-9(5-8)13-7(2)11;1-12-8-4-2-7(3-5-8)6-9(10)11;2-1-3;/h3-12,20-21H,13-15H2,1-2H3;3-8,14-15H,9-10H2,1-2H3;3-4,8-9H,5H2,1-2H3;2-5H,6H2,1H3,(H,10,11);1H2;1H4. The van der Waals surface area contributed by atoms with Gasteiger partial charge in [0.05, 0.1) is 59.5 Å². The predicted octanol–water partition coefficient (Wildman–Crippen LogP) is 9.50. The van der Waals surface area contributed by atoms with Crippen molar-refractivity contribution in [2.24, 2.45) is 0 Å². The number of benzene rings is 4. The van der Waals surface area contributed by atoms with Gasteiger partial charge >= 0.3 is 41.8 Å². The molecular weight excluding hydrogens is 1070 g/mol. The molecule has 3 aliphatic carbocycles. The van der Waals surface area contributed by atoms with E-state index >= 15 is 0 Å². The SMILES string of the molecule is C.CC(=O)OC1C=CC(OC(C)=O)C1.COc1ccc(CC(=O)O)cc1.COc1ccc(CC(=O)OC2C=CC(OC(=O)Cc3ccc(OC)cc3)C2)cc1.COc1ccc(CC(=O)OC2C=CC(OC(C)=O)C2)cc1.ClCCl. The molecule has 20 heteroatoms. The van der Waals surface area contributed by atoms with E-state index in [1.165, 1.54) is 20.8 Å². The third-order valence-corrected chi connectivity index (χ3v) is 10.9. The van der Waals surface area contributed by atoms with Crippen LogP contribution in [-0.4, -0.2) is 117 Å². The Balaban J connectivity index is 0.000000374. The van der Waals surface area contributed by atoms with Crippen LogP contribution in [0.4, 0.5) is 0 Å². The number of carboxylic acids is 1. The number of halogens is 2. The van der Waals surface area contributed by atoms with Crippen molar-refractivity contribution in [3.05, 3.63) is 156 Å². The van der Waals surface area contributed by atoms with Crippen molar-refractivity contribution in [2.75, 3.05) is 33.8 Å². The first kappa shape index (κ1) is 67.3. The minimum Gasteiger partial charge on any atom is -0.497 e. The molecule has 6 atom stereocenters.